The van der Waals surface area contributed by atoms with Crippen molar-refractivity contribution in [1.82, 2.24) is 19.9 Å². The van der Waals surface area contributed by atoms with E-state index in [0.29, 0.717) is 6.54 Å². The Kier molecular flexibility index (Phi) is 10.1. The van der Waals surface area contributed by atoms with E-state index in [1.54, 1.807) is 0 Å². The van der Waals surface area contributed by atoms with Crippen molar-refractivity contribution >= 4 is 94.2 Å². The van der Waals surface area contributed by atoms with Gasteiger partial charge < -0.3 is 13.7 Å². The van der Waals surface area contributed by atoms with Crippen LogP contribution >= 0.6 is 0 Å². The van der Waals surface area contributed by atoms with Gasteiger partial charge in [-0.1, -0.05) is 147 Å². The van der Waals surface area contributed by atoms with E-state index in [9.17, 15) is 0 Å². The van der Waals surface area contributed by atoms with Gasteiger partial charge in [-0.3, -0.25) is 9.97 Å². The van der Waals surface area contributed by atoms with E-state index in [-0.39, 0.29) is 5.92 Å². The van der Waals surface area contributed by atoms with Crippen molar-refractivity contribution in [2.75, 3.05) is 11.4 Å². The number of anilines is 1. The van der Waals surface area contributed by atoms with E-state index in [0.717, 1.165) is 133 Å². The number of aromatic nitrogens is 4. The summed E-state index contributed by atoms with van der Waals surface area (Å²) in [6, 6.07) is 69.3. The maximum Gasteiger partial charge on any atom is 0.143 e. The number of benzene rings is 9. The lowest BCUT2D eigenvalue weighted by atomic mass is 9.89. The largest absolute Gasteiger partial charge is 0.456 e. The molecule has 1 aliphatic rings. The Bertz CT molecular complexity index is 5050. The van der Waals surface area contributed by atoms with Gasteiger partial charge >= 0.3 is 0 Å². The molecule has 10 aromatic carbocycles. The van der Waals surface area contributed by atoms with Crippen LogP contribution in [0.25, 0.3) is 155 Å². The van der Waals surface area contributed by atoms with Gasteiger partial charge in [0.1, 0.15) is 28.2 Å². The molecule has 6 heterocycles. The predicted octanol–water partition coefficient (Wildman–Crippen LogP) is 17.1. The third-order valence-corrected chi connectivity index (χ3v) is 16.1. The molecule has 7 nitrogen and oxygen atoms in total. The fourth-order valence-electron chi connectivity index (χ4n) is 12.3. The number of pyridine rings is 2. The molecular weight excluding hydrogens is 967 g/mol. The monoisotopic (exact) mass is 1010 g/mol. The van der Waals surface area contributed by atoms with Crippen LogP contribution in [-0.2, 0) is 0 Å². The molecule has 372 valence electrons. The van der Waals surface area contributed by atoms with Crippen LogP contribution in [0.3, 0.4) is 0 Å². The summed E-state index contributed by atoms with van der Waals surface area (Å²) >= 11 is 0. The van der Waals surface area contributed by atoms with E-state index in [1.807, 2.05) is 55.1 Å². The zero-order chi connectivity index (χ0) is 52.3. The Morgan fingerprint density at radius 2 is 1.06 bits per heavy atom. The molecule has 0 saturated heterocycles. The van der Waals surface area contributed by atoms with E-state index < -0.39 is 0 Å². The Balaban J connectivity index is 1.02. The number of hydrogen-bond acceptors (Lipinski definition) is 7. The van der Waals surface area contributed by atoms with Gasteiger partial charge in [-0.05, 0) is 126 Å². The second kappa shape index (κ2) is 17.7. The van der Waals surface area contributed by atoms with Crippen LogP contribution in [0.1, 0.15) is 25.6 Å². The van der Waals surface area contributed by atoms with Crippen LogP contribution in [0, 0.1) is 0 Å². The average molecular weight is 1010 g/mol. The van der Waals surface area contributed by atoms with Gasteiger partial charge in [0.05, 0.1) is 11.4 Å². The number of fused-ring (bicyclic) bond motifs is 5. The van der Waals surface area contributed by atoms with E-state index in [4.69, 9.17) is 28.8 Å². The quantitative estimate of drug-likeness (QED) is 0.150. The topological polar surface area (TPSA) is 81.1 Å². The summed E-state index contributed by atoms with van der Waals surface area (Å²) in [7, 11) is 0. The van der Waals surface area contributed by atoms with Gasteiger partial charge in [-0.15, -0.1) is 0 Å². The van der Waals surface area contributed by atoms with Gasteiger partial charge in [0.15, 0.2) is 0 Å². The van der Waals surface area contributed by atoms with E-state index >= 15 is 0 Å². The number of rotatable bonds is 8. The van der Waals surface area contributed by atoms with Crippen molar-refractivity contribution in [3.8, 4) is 67.0 Å². The summed E-state index contributed by atoms with van der Waals surface area (Å²) in [5.41, 5.74) is 16.3. The van der Waals surface area contributed by atoms with E-state index in [2.05, 4.69) is 195 Å². The number of nitrogens with zero attached hydrogens (tertiary/aromatic N) is 5. The minimum atomic E-state index is 0.192. The third-order valence-electron chi connectivity index (χ3n) is 16.1. The lowest BCUT2D eigenvalue weighted by Crippen LogP contribution is -2.35. The molecule has 0 N–H and O–H groups in total. The van der Waals surface area contributed by atoms with Crippen molar-refractivity contribution in [2.45, 2.75) is 19.8 Å². The molecule has 0 saturated carbocycles. The summed E-state index contributed by atoms with van der Waals surface area (Å²) in [6.45, 7) is 4.92. The van der Waals surface area contributed by atoms with Gasteiger partial charge in [0.25, 0.3) is 0 Å². The summed E-state index contributed by atoms with van der Waals surface area (Å²) in [5, 5.41) is 13.2. The van der Waals surface area contributed by atoms with Crippen molar-refractivity contribution in [1.29, 1.82) is 0 Å². The standard InChI is InChI=1S/C72H47N5O2/c1-42(2)72-75-39-51(40-76-72)50-33-59-60-36-52(77-30-28-45-21-20-44-22-23-47(31-57(44)61(45)41-77)43-13-5-3-6-14-43)37-66-69(60)70-55(25-26-56(71(70)79-66)53-17-9-10-18-54(53)63-19-11-12-29-73-63)58-32-49(34-64-67(58)68(59)65(35-50)78-64)48-24-27-62(74-38-48)46-15-7-4-8-16-46/h3-29,31-42H,30H2,1-2H3. The van der Waals surface area contributed by atoms with Gasteiger partial charge in [0.2, 0.25) is 0 Å². The highest BCUT2D eigenvalue weighted by atomic mass is 16.3. The highest BCUT2D eigenvalue weighted by Crippen LogP contribution is 2.51. The first-order valence-corrected chi connectivity index (χ1v) is 27.0. The molecule has 7 heteroatoms. The molecule has 0 amide bonds. The fraction of sp³-hybridized carbons (Fsp3) is 0.0556. The Morgan fingerprint density at radius 3 is 1.81 bits per heavy atom. The molecule has 0 spiro atoms. The normalized spacial score (nSPS) is 12.7. The Morgan fingerprint density at radius 1 is 0.418 bits per heavy atom. The summed E-state index contributed by atoms with van der Waals surface area (Å²) in [6.07, 6.45) is 12.4. The lowest BCUT2D eigenvalue weighted by Gasteiger charge is -2.23. The maximum atomic E-state index is 7.54. The first kappa shape index (κ1) is 45.0. The Hall–Kier alpha value is -10.2. The molecule has 79 heavy (non-hydrogen) atoms. The molecule has 0 aliphatic carbocycles. The van der Waals surface area contributed by atoms with Crippen LogP contribution in [0.15, 0.2) is 228 Å². The molecular formula is C72H47N5O2. The molecule has 15 aromatic rings. The molecule has 16 rings (SSSR count). The second-order valence-corrected chi connectivity index (χ2v) is 21.1. The average Bonchev–Trinajstić information content (AvgIpc) is 3.56. The van der Waals surface area contributed by atoms with Gasteiger partial charge in [0, 0.05) is 110 Å². The number of furan rings is 2. The van der Waals surface area contributed by atoms with Crippen molar-refractivity contribution in [3.63, 3.8) is 0 Å². The third kappa shape index (κ3) is 7.27. The molecule has 0 fully saturated rings. The van der Waals surface area contributed by atoms with Crippen LogP contribution in [0.4, 0.5) is 5.69 Å². The maximum absolute atomic E-state index is 7.54. The van der Waals surface area contributed by atoms with E-state index in [1.165, 1.54) is 32.3 Å². The van der Waals surface area contributed by atoms with Crippen LogP contribution in [0.2, 0.25) is 0 Å². The summed E-state index contributed by atoms with van der Waals surface area (Å²) in [5.74, 6) is 0.997. The zero-order valence-electron chi connectivity index (χ0n) is 43.3. The van der Waals surface area contributed by atoms with Crippen LogP contribution in [-0.4, -0.2) is 26.5 Å². The predicted molar refractivity (Wildman–Crippen MR) is 325 cm³/mol. The molecule has 0 unspecified atom stereocenters. The van der Waals surface area contributed by atoms with Gasteiger partial charge in [-0.25, -0.2) is 9.97 Å². The lowest BCUT2D eigenvalue weighted by molar-refractivity contribution is 0.669. The smallest absolute Gasteiger partial charge is 0.143 e. The van der Waals surface area contributed by atoms with Crippen LogP contribution in [0.5, 0.6) is 0 Å². The number of hydrogen-bond donors (Lipinski definition) is 0. The van der Waals surface area contributed by atoms with Crippen molar-refractivity contribution < 1.29 is 8.83 Å². The molecule has 1 aliphatic heterocycles. The summed E-state index contributed by atoms with van der Waals surface area (Å²) < 4.78 is 14.8. The molecule has 0 radical (unpaired) electrons. The molecule has 0 atom stereocenters. The SMILES string of the molecule is CC(C)c1ncc(-c2cc3oc4cc(-c5ccc(-c6ccccc6)nc5)cc5c6ccc(-c7ccccc7-c7ccccn7)c7oc8cc(N9C=c%10c(ccc%11ccc(-c%12ccccc%12)cc%10%11)=CC9)cc(c(c2)c3c45)c8c76)cn1. The summed E-state index contributed by atoms with van der Waals surface area (Å²) in [4.78, 5) is 22.0. The first-order chi connectivity index (χ1) is 39.0. The van der Waals surface area contributed by atoms with Crippen molar-refractivity contribution in [3.05, 3.63) is 235 Å². The van der Waals surface area contributed by atoms with Crippen LogP contribution < -0.4 is 15.3 Å². The highest BCUT2D eigenvalue weighted by Gasteiger charge is 2.26. The molecule has 5 aromatic heterocycles. The fourth-order valence-corrected chi connectivity index (χ4v) is 12.3. The van der Waals surface area contributed by atoms with Crippen molar-refractivity contribution in [2.24, 2.45) is 0 Å². The minimum Gasteiger partial charge on any atom is -0.456 e. The Labute approximate surface area is 454 Å². The second-order valence-electron chi connectivity index (χ2n) is 21.1. The first-order valence-electron chi connectivity index (χ1n) is 27.0. The highest BCUT2D eigenvalue weighted by molar-refractivity contribution is 6.38. The van der Waals surface area contributed by atoms with Gasteiger partial charge in [-0.2, -0.15) is 0 Å². The molecule has 0 bridgehead atoms. The minimum absolute atomic E-state index is 0.192. The zero-order valence-corrected chi connectivity index (χ0v) is 43.3.